The zero-order valence-electron chi connectivity index (χ0n) is 6.05. The van der Waals surface area contributed by atoms with Crippen LogP contribution in [0.4, 0.5) is 0 Å². The molecule has 3 nitrogen and oxygen atoms in total. The van der Waals surface area contributed by atoms with Crippen molar-refractivity contribution in [2.75, 3.05) is 33.8 Å². The summed E-state index contributed by atoms with van der Waals surface area (Å²) in [5, 5.41) is 3.22. The predicted molar refractivity (Wildman–Crippen MR) is 36.3 cm³/mol. The van der Waals surface area contributed by atoms with Crippen LogP contribution in [0.25, 0.3) is 0 Å². The van der Waals surface area contributed by atoms with E-state index in [1.54, 1.807) is 0 Å². The van der Waals surface area contributed by atoms with E-state index in [2.05, 4.69) is 10.2 Å². The van der Waals surface area contributed by atoms with Crippen LogP contribution in [0, 0.1) is 0 Å². The Bertz CT molecular complexity index is 79.1. The molecule has 1 fully saturated rings. The molecule has 1 saturated heterocycles. The van der Waals surface area contributed by atoms with E-state index in [0.717, 1.165) is 19.7 Å². The van der Waals surface area contributed by atoms with Crippen LogP contribution in [-0.2, 0) is 4.74 Å². The maximum atomic E-state index is 5.31. The molecule has 9 heavy (non-hydrogen) atoms. The first-order chi connectivity index (χ1) is 4.29. The summed E-state index contributed by atoms with van der Waals surface area (Å²) in [6.45, 7) is 2.83. The number of nitrogens with one attached hydrogen (secondary N) is 1. The summed E-state index contributed by atoms with van der Waals surface area (Å²) in [5.74, 6) is 0. The van der Waals surface area contributed by atoms with Gasteiger partial charge in [0.05, 0.1) is 6.61 Å². The van der Waals surface area contributed by atoms with Crippen molar-refractivity contribution in [3.63, 3.8) is 0 Å². The van der Waals surface area contributed by atoms with Crippen molar-refractivity contribution in [3.05, 3.63) is 0 Å². The van der Waals surface area contributed by atoms with E-state index in [1.807, 2.05) is 14.1 Å². The number of likely N-dealkylation sites (N-methyl/N-ethyl adjacent to an activating group) is 1. The highest BCUT2D eigenvalue weighted by atomic mass is 16.5. The Balaban J connectivity index is 2.11. The third kappa shape index (κ3) is 2.30. The minimum absolute atomic E-state index is 0.264. The fourth-order valence-corrected chi connectivity index (χ4v) is 0.929. The molecular weight excluding hydrogens is 116 g/mol. The van der Waals surface area contributed by atoms with Gasteiger partial charge in [0.25, 0.3) is 0 Å². The van der Waals surface area contributed by atoms with E-state index in [1.165, 1.54) is 0 Å². The first kappa shape index (κ1) is 6.99. The van der Waals surface area contributed by atoms with E-state index < -0.39 is 0 Å². The van der Waals surface area contributed by atoms with Crippen molar-refractivity contribution in [1.82, 2.24) is 10.2 Å². The number of rotatable bonds is 2. The largest absolute Gasteiger partial charge is 0.361 e. The van der Waals surface area contributed by atoms with Gasteiger partial charge in [-0.15, -0.1) is 0 Å². The molecule has 0 radical (unpaired) electrons. The summed E-state index contributed by atoms with van der Waals surface area (Å²) in [6.07, 6.45) is 0.264. The number of nitrogens with zero attached hydrogens (tertiary/aromatic N) is 1. The van der Waals surface area contributed by atoms with E-state index in [-0.39, 0.29) is 6.23 Å². The third-order valence-corrected chi connectivity index (χ3v) is 1.32. The molecule has 3 heteroatoms. The van der Waals surface area contributed by atoms with Crippen LogP contribution in [0.5, 0.6) is 0 Å². The molecule has 0 saturated carbocycles. The lowest BCUT2D eigenvalue weighted by atomic mass is 10.5. The highest BCUT2D eigenvalue weighted by Gasteiger charge is 2.13. The number of hydrogen-bond donors (Lipinski definition) is 1. The average molecular weight is 130 g/mol. The van der Waals surface area contributed by atoms with E-state index in [0.29, 0.717) is 0 Å². The molecule has 1 aliphatic heterocycles. The molecule has 1 heterocycles. The summed E-state index contributed by atoms with van der Waals surface area (Å²) in [6, 6.07) is 0. The Hall–Kier alpha value is -0.120. The topological polar surface area (TPSA) is 24.5 Å². The normalized spacial score (nSPS) is 27.7. The predicted octanol–water partition coefficient (Wildman–Crippen LogP) is -0.506. The van der Waals surface area contributed by atoms with Crippen LogP contribution >= 0.6 is 0 Å². The first-order valence-electron chi connectivity index (χ1n) is 3.29. The molecule has 0 bridgehead atoms. The highest BCUT2D eigenvalue weighted by Crippen LogP contribution is 1.94. The molecule has 0 amide bonds. The molecule has 1 unspecified atom stereocenters. The van der Waals surface area contributed by atoms with Crippen LogP contribution in [0.15, 0.2) is 0 Å². The van der Waals surface area contributed by atoms with Gasteiger partial charge in [-0.3, -0.25) is 5.32 Å². The quantitative estimate of drug-likeness (QED) is 0.545. The molecule has 54 valence electrons. The monoisotopic (exact) mass is 130 g/mol. The maximum absolute atomic E-state index is 5.31. The number of hydrogen-bond acceptors (Lipinski definition) is 3. The van der Waals surface area contributed by atoms with Crippen molar-refractivity contribution < 1.29 is 4.74 Å². The van der Waals surface area contributed by atoms with Gasteiger partial charge in [0, 0.05) is 13.1 Å². The smallest absolute Gasteiger partial charge is 0.121 e. The van der Waals surface area contributed by atoms with Crippen molar-refractivity contribution in [1.29, 1.82) is 0 Å². The second-order valence-electron chi connectivity index (χ2n) is 2.58. The SMILES string of the molecule is CN(C)CC1NCCO1. The highest BCUT2D eigenvalue weighted by molar-refractivity contribution is 4.64. The van der Waals surface area contributed by atoms with Crippen molar-refractivity contribution in [2.45, 2.75) is 6.23 Å². The molecule has 0 aliphatic carbocycles. The minimum atomic E-state index is 0.264. The van der Waals surface area contributed by atoms with Crippen LogP contribution in [0.2, 0.25) is 0 Å². The standard InChI is InChI=1S/C6H14N2O/c1-8(2)5-6-7-3-4-9-6/h6-7H,3-5H2,1-2H3. The fraction of sp³-hybridized carbons (Fsp3) is 1.00. The van der Waals surface area contributed by atoms with Crippen LogP contribution in [0.1, 0.15) is 0 Å². The Morgan fingerprint density at radius 3 is 2.89 bits per heavy atom. The molecule has 0 aromatic heterocycles. The van der Waals surface area contributed by atoms with Crippen LogP contribution in [0.3, 0.4) is 0 Å². The zero-order valence-corrected chi connectivity index (χ0v) is 6.05. The molecule has 0 spiro atoms. The summed E-state index contributed by atoms with van der Waals surface area (Å²) < 4.78 is 5.31. The Kier molecular flexibility index (Phi) is 2.45. The third-order valence-electron chi connectivity index (χ3n) is 1.32. The van der Waals surface area contributed by atoms with Crippen LogP contribution in [-0.4, -0.2) is 44.9 Å². The van der Waals surface area contributed by atoms with Gasteiger partial charge in [-0.2, -0.15) is 0 Å². The maximum Gasteiger partial charge on any atom is 0.121 e. The fourth-order valence-electron chi connectivity index (χ4n) is 0.929. The molecule has 0 aromatic rings. The van der Waals surface area contributed by atoms with Gasteiger partial charge in [0.15, 0.2) is 0 Å². The summed E-state index contributed by atoms with van der Waals surface area (Å²) in [4.78, 5) is 2.11. The average Bonchev–Trinajstić information content (AvgIpc) is 2.15. The molecule has 1 N–H and O–H groups in total. The van der Waals surface area contributed by atoms with Gasteiger partial charge in [0.2, 0.25) is 0 Å². The molecular formula is C6H14N2O. The lowest BCUT2D eigenvalue weighted by molar-refractivity contribution is 0.0781. The Labute approximate surface area is 56.0 Å². The minimum Gasteiger partial charge on any atom is -0.361 e. The first-order valence-corrected chi connectivity index (χ1v) is 3.29. The zero-order chi connectivity index (χ0) is 6.69. The second-order valence-corrected chi connectivity index (χ2v) is 2.58. The Morgan fingerprint density at radius 1 is 1.67 bits per heavy atom. The van der Waals surface area contributed by atoms with Gasteiger partial charge >= 0.3 is 0 Å². The van der Waals surface area contributed by atoms with Crippen molar-refractivity contribution >= 4 is 0 Å². The van der Waals surface area contributed by atoms with Gasteiger partial charge < -0.3 is 9.64 Å². The van der Waals surface area contributed by atoms with Crippen molar-refractivity contribution in [2.24, 2.45) is 0 Å². The van der Waals surface area contributed by atoms with Crippen LogP contribution < -0.4 is 5.32 Å². The molecule has 1 rings (SSSR count). The summed E-state index contributed by atoms with van der Waals surface area (Å²) in [7, 11) is 4.09. The van der Waals surface area contributed by atoms with E-state index in [4.69, 9.17) is 4.74 Å². The molecule has 1 aliphatic rings. The lowest BCUT2D eigenvalue weighted by Crippen LogP contribution is -2.34. The van der Waals surface area contributed by atoms with E-state index >= 15 is 0 Å². The van der Waals surface area contributed by atoms with E-state index in [9.17, 15) is 0 Å². The summed E-state index contributed by atoms with van der Waals surface area (Å²) >= 11 is 0. The second kappa shape index (κ2) is 3.15. The number of ether oxygens (including phenoxy) is 1. The van der Waals surface area contributed by atoms with Gasteiger partial charge in [-0.05, 0) is 14.1 Å². The molecule has 0 aromatic carbocycles. The Morgan fingerprint density at radius 2 is 2.44 bits per heavy atom. The summed E-state index contributed by atoms with van der Waals surface area (Å²) in [5.41, 5.74) is 0. The van der Waals surface area contributed by atoms with Gasteiger partial charge in [-0.25, -0.2) is 0 Å². The van der Waals surface area contributed by atoms with Gasteiger partial charge in [0.1, 0.15) is 6.23 Å². The van der Waals surface area contributed by atoms with Crippen molar-refractivity contribution in [3.8, 4) is 0 Å². The molecule has 1 atom stereocenters. The van der Waals surface area contributed by atoms with Gasteiger partial charge in [-0.1, -0.05) is 0 Å². The lowest BCUT2D eigenvalue weighted by Gasteiger charge is -2.14.